The van der Waals surface area contributed by atoms with Crippen LogP contribution in [0.15, 0.2) is 53.5 Å². The predicted octanol–water partition coefficient (Wildman–Crippen LogP) is 2.88. The van der Waals surface area contributed by atoms with Gasteiger partial charge in [-0.2, -0.15) is 0 Å². The van der Waals surface area contributed by atoms with Gasteiger partial charge in [0, 0.05) is 43.5 Å². The lowest BCUT2D eigenvalue weighted by molar-refractivity contribution is 0.514. The van der Waals surface area contributed by atoms with Gasteiger partial charge in [0.1, 0.15) is 4.32 Å². The Balaban J connectivity index is 1.42. The molecule has 1 N–H and O–H groups in total. The van der Waals surface area contributed by atoms with Crippen molar-refractivity contribution < 1.29 is 4.42 Å². The molecule has 0 saturated carbocycles. The number of pyridine rings is 2. The molecule has 8 heteroatoms. The lowest BCUT2D eigenvalue weighted by Gasteiger charge is -2.06. The third kappa shape index (κ3) is 4.84. The predicted molar refractivity (Wildman–Crippen MR) is 97.4 cm³/mol. The highest BCUT2D eigenvalue weighted by molar-refractivity contribution is 8.22. The van der Waals surface area contributed by atoms with Gasteiger partial charge in [0.25, 0.3) is 0 Å². The highest BCUT2D eigenvalue weighted by Gasteiger charge is 2.08. The SMILES string of the molecule is S=C(NCc1cccnc1)SCCc1nnc(-c2cccnc2)o1. The van der Waals surface area contributed by atoms with Crippen LogP contribution < -0.4 is 5.32 Å². The minimum Gasteiger partial charge on any atom is -0.421 e. The molecular weight excluding hydrogens is 342 g/mol. The summed E-state index contributed by atoms with van der Waals surface area (Å²) in [6, 6.07) is 7.63. The second-order valence-corrected chi connectivity index (χ2v) is 6.62. The molecule has 0 radical (unpaired) electrons. The number of hydrogen-bond acceptors (Lipinski definition) is 7. The van der Waals surface area contributed by atoms with E-state index in [1.54, 1.807) is 30.4 Å². The Morgan fingerprint density at radius 3 is 2.71 bits per heavy atom. The molecule has 3 aromatic heterocycles. The van der Waals surface area contributed by atoms with Crippen LogP contribution in [0, 0.1) is 0 Å². The van der Waals surface area contributed by atoms with Gasteiger partial charge in [0.2, 0.25) is 11.8 Å². The highest BCUT2D eigenvalue weighted by atomic mass is 32.2. The lowest BCUT2D eigenvalue weighted by atomic mass is 10.3. The number of rotatable bonds is 6. The van der Waals surface area contributed by atoms with Crippen LogP contribution in [0.2, 0.25) is 0 Å². The summed E-state index contributed by atoms with van der Waals surface area (Å²) in [4.78, 5) is 8.11. The van der Waals surface area contributed by atoms with Gasteiger partial charge < -0.3 is 9.73 Å². The number of nitrogens with one attached hydrogen (secondary N) is 1. The molecule has 0 fully saturated rings. The molecule has 24 heavy (non-hydrogen) atoms. The van der Waals surface area contributed by atoms with E-state index in [1.165, 1.54) is 0 Å². The Kier molecular flexibility index (Phi) is 5.86. The van der Waals surface area contributed by atoms with Gasteiger partial charge in [-0.1, -0.05) is 30.0 Å². The number of aryl methyl sites for hydroxylation is 1. The average molecular weight is 357 g/mol. The van der Waals surface area contributed by atoms with Gasteiger partial charge in [-0.05, 0) is 23.8 Å². The van der Waals surface area contributed by atoms with E-state index in [1.807, 2.05) is 30.5 Å². The molecule has 0 spiro atoms. The van der Waals surface area contributed by atoms with Crippen LogP contribution in [0.1, 0.15) is 11.5 Å². The van der Waals surface area contributed by atoms with Crippen molar-refractivity contribution in [3.63, 3.8) is 0 Å². The van der Waals surface area contributed by atoms with E-state index in [4.69, 9.17) is 16.6 Å². The van der Waals surface area contributed by atoms with Gasteiger partial charge in [-0.3, -0.25) is 9.97 Å². The molecule has 0 aliphatic rings. The van der Waals surface area contributed by atoms with Crippen molar-refractivity contribution in [3.8, 4) is 11.5 Å². The van der Waals surface area contributed by atoms with Crippen LogP contribution >= 0.6 is 24.0 Å². The van der Waals surface area contributed by atoms with Gasteiger partial charge in [-0.15, -0.1) is 10.2 Å². The van der Waals surface area contributed by atoms with Crippen LogP contribution in [0.4, 0.5) is 0 Å². The monoisotopic (exact) mass is 357 g/mol. The number of thioether (sulfide) groups is 1. The number of thiocarbonyl (C=S) groups is 1. The van der Waals surface area contributed by atoms with Gasteiger partial charge >= 0.3 is 0 Å². The second kappa shape index (κ2) is 8.51. The van der Waals surface area contributed by atoms with Crippen molar-refractivity contribution in [1.82, 2.24) is 25.5 Å². The molecular formula is C16H15N5OS2. The van der Waals surface area contributed by atoms with E-state index >= 15 is 0 Å². The minimum absolute atomic E-state index is 0.486. The van der Waals surface area contributed by atoms with E-state index in [0.717, 1.165) is 21.2 Å². The summed E-state index contributed by atoms with van der Waals surface area (Å²) in [5.74, 6) is 1.85. The zero-order chi connectivity index (χ0) is 16.6. The van der Waals surface area contributed by atoms with Crippen molar-refractivity contribution in [1.29, 1.82) is 0 Å². The number of nitrogens with zero attached hydrogens (tertiary/aromatic N) is 4. The molecule has 0 unspecified atom stereocenters. The summed E-state index contributed by atoms with van der Waals surface area (Å²) in [7, 11) is 0. The summed E-state index contributed by atoms with van der Waals surface area (Å²) >= 11 is 6.86. The molecule has 0 bridgehead atoms. The van der Waals surface area contributed by atoms with Crippen molar-refractivity contribution in [2.24, 2.45) is 0 Å². The van der Waals surface area contributed by atoms with Crippen LogP contribution in [0.25, 0.3) is 11.5 Å². The van der Waals surface area contributed by atoms with Crippen molar-refractivity contribution >= 4 is 28.3 Å². The minimum atomic E-state index is 0.486. The Hall–Kier alpha value is -2.32. The number of aromatic nitrogens is 4. The van der Waals surface area contributed by atoms with Crippen LogP contribution in [0.5, 0.6) is 0 Å². The fourth-order valence-electron chi connectivity index (χ4n) is 1.92. The third-order valence-corrected chi connectivity index (χ3v) is 4.40. The van der Waals surface area contributed by atoms with Crippen molar-refractivity contribution in [2.45, 2.75) is 13.0 Å². The number of hydrogen-bond donors (Lipinski definition) is 1. The molecule has 0 atom stereocenters. The Bertz CT molecular complexity index is 779. The fraction of sp³-hybridized carbons (Fsp3) is 0.188. The van der Waals surface area contributed by atoms with Crippen LogP contribution in [-0.2, 0) is 13.0 Å². The fourth-order valence-corrected chi connectivity index (χ4v) is 2.88. The molecule has 3 rings (SSSR count). The molecule has 0 aliphatic carbocycles. The average Bonchev–Trinajstić information content (AvgIpc) is 3.11. The summed E-state index contributed by atoms with van der Waals surface area (Å²) in [6.45, 7) is 0.672. The van der Waals surface area contributed by atoms with Gasteiger partial charge in [0.05, 0.1) is 5.56 Å². The Morgan fingerprint density at radius 1 is 1.12 bits per heavy atom. The van der Waals surface area contributed by atoms with Gasteiger partial charge in [-0.25, -0.2) is 0 Å². The maximum absolute atomic E-state index is 5.63. The largest absolute Gasteiger partial charge is 0.421 e. The van der Waals surface area contributed by atoms with E-state index in [9.17, 15) is 0 Å². The standard InChI is InChI=1S/C16H15N5OS2/c23-16(19-10-12-3-1-6-17-9-12)24-8-5-14-20-21-15(22-14)13-4-2-7-18-11-13/h1-4,6-7,9,11H,5,8,10H2,(H,19,23). The summed E-state index contributed by atoms with van der Waals surface area (Å²) in [5.41, 5.74) is 1.91. The first-order valence-corrected chi connectivity index (χ1v) is 8.73. The van der Waals surface area contributed by atoms with E-state index < -0.39 is 0 Å². The van der Waals surface area contributed by atoms with E-state index in [0.29, 0.717) is 24.7 Å². The lowest BCUT2D eigenvalue weighted by Crippen LogP contribution is -2.18. The Morgan fingerprint density at radius 2 is 1.96 bits per heavy atom. The molecule has 3 heterocycles. The summed E-state index contributed by atoms with van der Waals surface area (Å²) < 4.78 is 6.37. The van der Waals surface area contributed by atoms with E-state index in [2.05, 4.69) is 25.5 Å². The quantitative estimate of drug-likeness (QED) is 0.675. The molecule has 122 valence electrons. The normalized spacial score (nSPS) is 10.5. The van der Waals surface area contributed by atoms with Gasteiger partial charge in [0.15, 0.2) is 0 Å². The van der Waals surface area contributed by atoms with Crippen molar-refractivity contribution in [3.05, 3.63) is 60.5 Å². The van der Waals surface area contributed by atoms with Crippen molar-refractivity contribution in [2.75, 3.05) is 5.75 Å². The first-order valence-electron chi connectivity index (χ1n) is 7.33. The molecule has 0 aliphatic heterocycles. The smallest absolute Gasteiger partial charge is 0.249 e. The molecule has 0 saturated heterocycles. The van der Waals surface area contributed by atoms with E-state index in [-0.39, 0.29) is 0 Å². The maximum Gasteiger partial charge on any atom is 0.249 e. The Labute approximate surface area is 149 Å². The van der Waals surface area contributed by atoms with Crippen LogP contribution in [-0.4, -0.2) is 30.2 Å². The summed E-state index contributed by atoms with van der Waals surface area (Å²) in [5, 5.41) is 11.3. The second-order valence-electron chi connectivity index (χ2n) is 4.84. The first kappa shape index (κ1) is 16.5. The molecule has 0 aromatic carbocycles. The molecule has 0 amide bonds. The zero-order valence-electron chi connectivity index (χ0n) is 12.8. The molecule has 3 aromatic rings. The first-order chi connectivity index (χ1) is 11.8. The van der Waals surface area contributed by atoms with Crippen LogP contribution in [0.3, 0.4) is 0 Å². The summed E-state index contributed by atoms with van der Waals surface area (Å²) in [6.07, 6.45) is 7.63. The topological polar surface area (TPSA) is 76.7 Å². The maximum atomic E-state index is 5.63. The third-order valence-electron chi connectivity index (χ3n) is 3.08. The highest BCUT2D eigenvalue weighted by Crippen LogP contribution is 2.17. The molecule has 6 nitrogen and oxygen atoms in total. The zero-order valence-corrected chi connectivity index (χ0v) is 14.4.